The van der Waals surface area contributed by atoms with Crippen molar-refractivity contribution < 1.29 is 19.4 Å². The second kappa shape index (κ2) is 6.55. The van der Waals surface area contributed by atoms with E-state index in [1.54, 1.807) is 0 Å². The van der Waals surface area contributed by atoms with Crippen LogP contribution in [0.2, 0.25) is 0 Å². The van der Waals surface area contributed by atoms with Gasteiger partial charge in [0, 0.05) is 26.3 Å². The Kier molecular flexibility index (Phi) is 5.06. The van der Waals surface area contributed by atoms with Crippen LogP contribution in [0.15, 0.2) is 23.1 Å². The number of carboxylic acids is 1. The summed E-state index contributed by atoms with van der Waals surface area (Å²) >= 11 is 0. The van der Waals surface area contributed by atoms with Crippen LogP contribution in [-0.2, 0) is 9.53 Å². The van der Waals surface area contributed by atoms with Crippen LogP contribution < -0.4 is 10.9 Å². The molecule has 98 valence electrons. The molecule has 0 spiro atoms. The maximum atomic E-state index is 11.7. The second-order valence-electron chi connectivity index (χ2n) is 3.56. The van der Waals surface area contributed by atoms with Gasteiger partial charge in [-0.3, -0.25) is 9.59 Å². The Bertz CT molecular complexity index is 482. The number of pyridine rings is 1. The van der Waals surface area contributed by atoms with E-state index in [0.717, 1.165) is 0 Å². The van der Waals surface area contributed by atoms with Crippen molar-refractivity contribution in [3.05, 3.63) is 34.2 Å². The fourth-order valence-electron chi connectivity index (χ4n) is 1.33. The molecular weight excluding hydrogens is 240 g/mol. The van der Waals surface area contributed by atoms with Crippen LogP contribution in [0.1, 0.15) is 16.8 Å². The van der Waals surface area contributed by atoms with E-state index in [0.29, 0.717) is 0 Å². The highest BCUT2D eigenvalue weighted by Gasteiger charge is 2.21. The van der Waals surface area contributed by atoms with Crippen LogP contribution >= 0.6 is 0 Å². The van der Waals surface area contributed by atoms with E-state index in [1.807, 2.05) is 0 Å². The molecule has 1 aromatic heterocycles. The number of amides is 1. The zero-order valence-corrected chi connectivity index (χ0v) is 9.80. The summed E-state index contributed by atoms with van der Waals surface area (Å²) in [6.45, 7) is 0.197. The van der Waals surface area contributed by atoms with E-state index in [1.165, 1.54) is 25.4 Å². The molecule has 1 atom stereocenters. The van der Waals surface area contributed by atoms with Crippen molar-refractivity contribution in [1.29, 1.82) is 0 Å². The molecule has 1 unspecified atom stereocenters. The lowest BCUT2D eigenvalue weighted by Crippen LogP contribution is -2.43. The molecule has 0 fully saturated rings. The van der Waals surface area contributed by atoms with E-state index in [-0.39, 0.29) is 18.6 Å². The zero-order chi connectivity index (χ0) is 13.5. The van der Waals surface area contributed by atoms with Gasteiger partial charge >= 0.3 is 5.97 Å². The van der Waals surface area contributed by atoms with Gasteiger partial charge in [-0.25, -0.2) is 4.79 Å². The fraction of sp³-hybridized carbons (Fsp3) is 0.364. The Morgan fingerprint density at radius 3 is 2.83 bits per heavy atom. The Morgan fingerprint density at radius 2 is 2.28 bits per heavy atom. The number of nitrogens with one attached hydrogen (secondary N) is 2. The topological polar surface area (TPSA) is 108 Å². The smallest absolute Gasteiger partial charge is 0.326 e. The first-order valence-corrected chi connectivity index (χ1v) is 5.26. The predicted octanol–water partition coefficient (Wildman–Crippen LogP) is -0.406. The predicted molar refractivity (Wildman–Crippen MR) is 62.4 cm³/mol. The average molecular weight is 254 g/mol. The van der Waals surface area contributed by atoms with Crippen LogP contribution in [-0.4, -0.2) is 41.7 Å². The summed E-state index contributed by atoms with van der Waals surface area (Å²) < 4.78 is 4.75. The Labute approximate surface area is 103 Å². The first-order chi connectivity index (χ1) is 8.56. The molecule has 1 rings (SSSR count). The standard InChI is InChI=1S/C11H14N2O5/c1-18-6-4-8(11(16)17)13-10(15)7-3-2-5-12-9(7)14/h2-3,5,8H,4,6H2,1H3,(H,12,14)(H,13,15)(H,16,17). The lowest BCUT2D eigenvalue weighted by atomic mass is 10.2. The number of carbonyl (C=O) groups is 2. The number of rotatable bonds is 6. The van der Waals surface area contributed by atoms with Gasteiger partial charge in [0.25, 0.3) is 11.5 Å². The maximum absolute atomic E-state index is 11.7. The largest absolute Gasteiger partial charge is 0.480 e. The third-order valence-electron chi connectivity index (χ3n) is 2.28. The number of carboxylic acid groups (broad SMARTS) is 1. The number of carbonyl (C=O) groups excluding carboxylic acids is 1. The highest BCUT2D eigenvalue weighted by Crippen LogP contribution is 1.96. The van der Waals surface area contributed by atoms with Crippen LogP contribution in [0.4, 0.5) is 0 Å². The highest BCUT2D eigenvalue weighted by molar-refractivity contribution is 5.96. The van der Waals surface area contributed by atoms with Gasteiger partial charge in [-0.15, -0.1) is 0 Å². The monoisotopic (exact) mass is 254 g/mol. The minimum absolute atomic E-state index is 0.124. The number of hydrogen-bond acceptors (Lipinski definition) is 4. The summed E-state index contributed by atoms with van der Waals surface area (Å²) in [5.41, 5.74) is -0.688. The summed E-state index contributed by atoms with van der Waals surface area (Å²) in [7, 11) is 1.43. The van der Waals surface area contributed by atoms with Gasteiger partial charge in [-0.1, -0.05) is 0 Å². The molecule has 3 N–H and O–H groups in total. The van der Waals surface area contributed by atoms with Crippen molar-refractivity contribution in [2.45, 2.75) is 12.5 Å². The molecule has 1 heterocycles. The van der Waals surface area contributed by atoms with Crippen molar-refractivity contribution in [2.75, 3.05) is 13.7 Å². The molecular formula is C11H14N2O5. The minimum Gasteiger partial charge on any atom is -0.480 e. The molecule has 0 bridgehead atoms. The second-order valence-corrected chi connectivity index (χ2v) is 3.56. The fourth-order valence-corrected chi connectivity index (χ4v) is 1.33. The molecule has 0 saturated carbocycles. The number of H-pyrrole nitrogens is 1. The van der Waals surface area contributed by atoms with Crippen LogP contribution in [0.5, 0.6) is 0 Å². The molecule has 1 amide bonds. The summed E-state index contributed by atoms with van der Waals surface area (Å²) in [6, 6.07) is 1.72. The van der Waals surface area contributed by atoms with Crippen molar-refractivity contribution in [3.8, 4) is 0 Å². The first kappa shape index (κ1) is 13.9. The van der Waals surface area contributed by atoms with Gasteiger partial charge < -0.3 is 20.1 Å². The van der Waals surface area contributed by atoms with E-state index < -0.39 is 23.5 Å². The molecule has 0 aliphatic rings. The van der Waals surface area contributed by atoms with Gasteiger partial charge in [0.05, 0.1) is 0 Å². The zero-order valence-electron chi connectivity index (χ0n) is 9.80. The number of ether oxygens (including phenoxy) is 1. The summed E-state index contributed by atoms with van der Waals surface area (Å²) in [5.74, 6) is -1.90. The summed E-state index contributed by atoms with van der Waals surface area (Å²) in [5, 5.41) is 11.2. The molecule has 0 radical (unpaired) electrons. The molecule has 0 aliphatic carbocycles. The quantitative estimate of drug-likeness (QED) is 0.639. The molecule has 1 aromatic rings. The van der Waals surface area contributed by atoms with Crippen molar-refractivity contribution in [3.63, 3.8) is 0 Å². The first-order valence-electron chi connectivity index (χ1n) is 5.26. The normalized spacial score (nSPS) is 11.8. The Balaban J connectivity index is 2.76. The third kappa shape index (κ3) is 3.70. The van der Waals surface area contributed by atoms with E-state index in [2.05, 4.69) is 10.3 Å². The van der Waals surface area contributed by atoms with Gasteiger partial charge in [0.2, 0.25) is 0 Å². The number of aromatic nitrogens is 1. The van der Waals surface area contributed by atoms with Crippen LogP contribution in [0.3, 0.4) is 0 Å². The Hall–Kier alpha value is -2.15. The molecule has 18 heavy (non-hydrogen) atoms. The molecule has 7 nitrogen and oxygen atoms in total. The lowest BCUT2D eigenvalue weighted by molar-refractivity contribution is -0.139. The number of methoxy groups -OCH3 is 1. The van der Waals surface area contributed by atoms with Crippen molar-refractivity contribution in [1.82, 2.24) is 10.3 Å². The van der Waals surface area contributed by atoms with Gasteiger partial charge in [0.15, 0.2) is 0 Å². The number of aromatic amines is 1. The van der Waals surface area contributed by atoms with Gasteiger partial charge in [-0.05, 0) is 12.1 Å². The van der Waals surface area contributed by atoms with Crippen molar-refractivity contribution in [2.24, 2.45) is 0 Å². The molecule has 7 heteroatoms. The van der Waals surface area contributed by atoms with Crippen LogP contribution in [0, 0.1) is 0 Å². The maximum Gasteiger partial charge on any atom is 0.326 e. The third-order valence-corrected chi connectivity index (χ3v) is 2.28. The number of hydrogen-bond donors (Lipinski definition) is 3. The lowest BCUT2D eigenvalue weighted by Gasteiger charge is -2.13. The van der Waals surface area contributed by atoms with Gasteiger partial charge in [0.1, 0.15) is 11.6 Å². The molecule has 0 saturated heterocycles. The number of aliphatic carboxylic acids is 1. The van der Waals surface area contributed by atoms with Crippen molar-refractivity contribution >= 4 is 11.9 Å². The Morgan fingerprint density at radius 1 is 1.56 bits per heavy atom. The average Bonchev–Trinajstić information content (AvgIpc) is 2.34. The van der Waals surface area contributed by atoms with E-state index in [4.69, 9.17) is 9.84 Å². The van der Waals surface area contributed by atoms with E-state index >= 15 is 0 Å². The highest BCUT2D eigenvalue weighted by atomic mass is 16.5. The SMILES string of the molecule is COCCC(NC(=O)c1ccc[nH]c1=O)C(=O)O. The van der Waals surface area contributed by atoms with E-state index in [9.17, 15) is 14.4 Å². The molecule has 0 aliphatic heterocycles. The minimum atomic E-state index is -1.17. The summed E-state index contributed by atoms with van der Waals surface area (Å²) in [6.07, 6.45) is 1.51. The van der Waals surface area contributed by atoms with Gasteiger partial charge in [-0.2, -0.15) is 0 Å². The summed E-state index contributed by atoms with van der Waals surface area (Å²) in [4.78, 5) is 36.3. The van der Waals surface area contributed by atoms with Crippen LogP contribution in [0.25, 0.3) is 0 Å². The molecule has 0 aromatic carbocycles.